The predicted octanol–water partition coefficient (Wildman–Crippen LogP) is 1.95. The lowest BCUT2D eigenvalue weighted by atomic mass is 9.93. The Labute approximate surface area is 75.7 Å². The van der Waals surface area contributed by atoms with Gasteiger partial charge in [-0.05, 0) is 45.6 Å². The minimum Gasteiger partial charge on any atom is -0.385 e. The SMILES string of the molecule is COCCCCC1(C)CCCN1. The number of unbranched alkanes of at least 4 members (excludes halogenated alkanes) is 1. The molecule has 0 bridgehead atoms. The lowest BCUT2D eigenvalue weighted by molar-refractivity contribution is 0.188. The number of ether oxygens (including phenoxy) is 1. The minimum atomic E-state index is 0.438. The lowest BCUT2D eigenvalue weighted by Gasteiger charge is -2.23. The number of rotatable bonds is 5. The zero-order chi connectivity index (χ0) is 8.86. The van der Waals surface area contributed by atoms with Crippen molar-refractivity contribution >= 4 is 0 Å². The van der Waals surface area contributed by atoms with E-state index >= 15 is 0 Å². The molecule has 0 aromatic rings. The topological polar surface area (TPSA) is 21.3 Å². The van der Waals surface area contributed by atoms with Crippen LogP contribution in [0.25, 0.3) is 0 Å². The summed E-state index contributed by atoms with van der Waals surface area (Å²) < 4.78 is 5.02. The first-order chi connectivity index (χ1) is 5.77. The van der Waals surface area contributed by atoms with Gasteiger partial charge in [-0.1, -0.05) is 0 Å². The molecule has 0 aliphatic carbocycles. The van der Waals surface area contributed by atoms with Crippen molar-refractivity contribution in [2.75, 3.05) is 20.3 Å². The minimum absolute atomic E-state index is 0.438. The predicted molar refractivity (Wildman–Crippen MR) is 51.4 cm³/mol. The van der Waals surface area contributed by atoms with Crippen molar-refractivity contribution in [2.24, 2.45) is 0 Å². The number of hydrogen-bond acceptors (Lipinski definition) is 2. The zero-order valence-electron chi connectivity index (χ0n) is 8.36. The summed E-state index contributed by atoms with van der Waals surface area (Å²) in [6.45, 7) is 4.46. The summed E-state index contributed by atoms with van der Waals surface area (Å²) >= 11 is 0. The second-order valence-corrected chi connectivity index (χ2v) is 4.04. The molecular weight excluding hydrogens is 150 g/mol. The van der Waals surface area contributed by atoms with Crippen LogP contribution >= 0.6 is 0 Å². The van der Waals surface area contributed by atoms with Crippen molar-refractivity contribution in [1.82, 2.24) is 5.32 Å². The Bertz CT molecular complexity index is 119. The van der Waals surface area contributed by atoms with Crippen molar-refractivity contribution in [3.05, 3.63) is 0 Å². The Morgan fingerprint density at radius 1 is 1.42 bits per heavy atom. The lowest BCUT2D eigenvalue weighted by Crippen LogP contribution is -2.35. The molecule has 2 heteroatoms. The van der Waals surface area contributed by atoms with Gasteiger partial charge in [-0.2, -0.15) is 0 Å². The molecule has 0 aromatic heterocycles. The van der Waals surface area contributed by atoms with Gasteiger partial charge in [-0.25, -0.2) is 0 Å². The molecule has 1 aliphatic heterocycles. The van der Waals surface area contributed by atoms with Gasteiger partial charge >= 0.3 is 0 Å². The highest BCUT2D eigenvalue weighted by molar-refractivity contribution is 4.87. The van der Waals surface area contributed by atoms with Crippen LogP contribution in [0, 0.1) is 0 Å². The van der Waals surface area contributed by atoms with E-state index in [0.717, 1.165) is 6.61 Å². The van der Waals surface area contributed by atoms with E-state index in [1.54, 1.807) is 7.11 Å². The van der Waals surface area contributed by atoms with Gasteiger partial charge < -0.3 is 10.1 Å². The molecular formula is C10H21NO. The maximum atomic E-state index is 5.02. The molecule has 1 heterocycles. The average Bonchev–Trinajstić information content (AvgIpc) is 2.47. The molecule has 1 rings (SSSR count). The third-order valence-corrected chi connectivity index (χ3v) is 2.78. The fourth-order valence-corrected chi connectivity index (χ4v) is 1.93. The molecule has 0 radical (unpaired) electrons. The first-order valence-corrected chi connectivity index (χ1v) is 5.01. The molecule has 2 nitrogen and oxygen atoms in total. The van der Waals surface area contributed by atoms with Gasteiger partial charge in [0.1, 0.15) is 0 Å². The van der Waals surface area contributed by atoms with E-state index in [-0.39, 0.29) is 0 Å². The van der Waals surface area contributed by atoms with Crippen molar-refractivity contribution in [3.63, 3.8) is 0 Å². The third-order valence-electron chi connectivity index (χ3n) is 2.78. The summed E-state index contributed by atoms with van der Waals surface area (Å²) in [5.41, 5.74) is 0.438. The van der Waals surface area contributed by atoms with Crippen molar-refractivity contribution in [1.29, 1.82) is 0 Å². The van der Waals surface area contributed by atoms with E-state index < -0.39 is 0 Å². The van der Waals surface area contributed by atoms with Crippen LogP contribution in [0.1, 0.15) is 39.0 Å². The van der Waals surface area contributed by atoms with E-state index in [2.05, 4.69) is 12.2 Å². The van der Waals surface area contributed by atoms with Crippen LogP contribution in [0.3, 0.4) is 0 Å². The van der Waals surface area contributed by atoms with Crippen LogP contribution in [-0.4, -0.2) is 25.8 Å². The van der Waals surface area contributed by atoms with Crippen molar-refractivity contribution in [3.8, 4) is 0 Å². The van der Waals surface area contributed by atoms with E-state index in [9.17, 15) is 0 Å². The van der Waals surface area contributed by atoms with Crippen LogP contribution in [0.2, 0.25) is 0 Å². The molecule has 0 amide bonds. The van der Waals surface area contributed by atoms with Gasteiger partial charge in [0.15, 0.2) is 0 Å². The van der Waals surface area contributed by atoms with Gasteiger partial charge in [-0.3, -0.25) is 0 Å². The Balaban J connectivity index is 2.05. The molecule has 1 N–H and O–H groups in total. The largest absolute Gasteiger partial charge is 0.385 e. The van der Waals surface area contributed by atoms with E-state index in [1.165, 1.54) is 38.6 Å². The maximum absolute atomic E-state index is 5.02. The standard InChI is InChI=1S/C10H21NO/c1-10(7-5-8-11-10)6-3-4-9-12-2/h11H,3-9H2,1-2H3. The summed E-state index contributed by atoms with van der Waals surface area (Å²) in [6, 6.07) is 0. The van der Waals surface area contributed by atoms with Gasteiger partial charge in [0.05, 0.1) is 0 Å². The molecule has 0 aromatic carbocycles. The van der Waals surface area contributed by atoms with Crippen LogP contribution in [-0.2, 0) is 4.74 Å². The second-order valence-electron chi connectivity index (χ2n) is 4.04. The first-order valence-electron chi connectivity index (χ1n) is 5.01. The van der Waals surface area contributed by atoms with E-state index in [0.29, 0.717) is 5.54 Å². The van der Waals surface area contributed by atoms with Crippen LogP contribution in [0.5, 0.6) is 0 Å². The molecule has 1 atom stereocenters. The second kappa shape index (κ2) is 4.83. The van der Waals surface area contributed by atoms with E-state index in [1.807, 2.05) is 0 Å². The van der Waals surface area contributed by atoms with Crippen LogP contribution < -0.4 is 5.32 Å². The fraction of sp³-hybridized carbons (Fsp3) is 1.00. The van der Waals surface area contributed by atoms with Gasteiger partial charge in [0.25, 0.3) is 0 Å². The zero-order valence-corrected chi connectivity index (χ0v) is 8.36. The summed E-state index contributed by atoms with van der Waals surface area (Å²) in [5.74, 6) is 0. The summed E-state index contributed by atoms with van der Waals surface area (Å²) in [6.07, 6.45) is 6.49. The summed E-state index contributed by atoms with van der Waals surface area (Å²) in [5, 5.41) is 3.57. The number of methoxy groups -OCH3 is 1. The Kier molecular flexibility index (Phi) is 4.02. The first kappa shape index (κ1) is 10.0. The smallest absolute Gasteiger partial charge is 0.0462 e. The van der Waals surface area contributed by atoms with Crippen molar-refractivity contribution in [2.45, 2.75) is 44.6 Å². The molecule has 1 aliphatic rings. The highest BCUT2D eigenvalue weighted by Gasteiger charge is 2.26. The average molecular weight is 171 g/mol. The van der Waals surface area contributed by atoms with E-state index in [4.69, 9.17) is 4.74 Å². The van der Waals surface area contributed by atoms with Crippen molar-refractivity contribution < 1.29 is 4.74 Å². The number of nitrogens with one attached hydrogen (secondary N) is 1. The van der Waals surface area contributed by atoms with Gasteiger partial charge in [0, 0.05) is 19.3 Å². The molecule has 1 unspecified atom stereocenters. The Morgan fingerprint density at radius 3 is 2.83 bits per heavy atom. The quantitative estimate of drug-likeness (QED) is 0.638. The van der Waals surface area contributed by atoms with Crippen LogP contribution in [0.15, 0.2) is 0 Å². The molecule has 1 fully saturated rings. The monoisotopic (exact) mass is 171 g/mol. The summed E-state index contributed by atoms with van der Waals surface area (Å²) in [4.78, 5) is 0. The fourth-order valence-electron chi connectivity index (χ4n) is 1.93. The third kappa shape index (κ3) is 3.11. The molecule has 0 saturated carbocycles. The Morgan fingerprint density at radius 2 is 2.25 bits per heavy atom. The molecule has 1 saturated heterocycles. The number of hydrogen-bond donors (Lipinski definition) is 1. The molecule has 72 valence electrons. The highest BCUT2D eigenvalue weighted by Crippen LogP contribution is 2.24. The summed E-state index contributed by atoms with van der Waals surface area (Å²) in [7, 11) is 1.77. The van der Waals surface area contributed by atoms with Crippen LogP contribution in [0.4, 0.5) is 0 Å². The Hall–Kier alpha value is -0.0800. The molecule has 12 heavy (non-hydrogen) atoms. The van der Waals surface area contributed by atoms with Gasteiger partial charge in [0.2, 0.25) is 0 Å². The maximum Gasteiger partial charge on any atom is 0.0462 e. The molecule has 0 spiro atoms. The highest BCUT2D eigenvalue weighted by atomic mass is 16.5. The van der Waals surface area contributed by atoms with Gasteiger partial charge in [-0.15, -0.1) is 0 Å². The normalized spacial score (nSPS) is 29.5.